The normalized spacial score (nSPS) is 19.3. The third-order valence-electron chi connectivity index (χ3n) is 2.50. The number of nitrogens with two attached hydrogens (primary N) is 1. The van der Waals surface area contributed by atoms with Crippen LogP contribution >= 0.6 is 0 Å². The van der Waals surface area contributed by atoms with E-state index in [2.05, 4.69) is 0 Å². The molecule has 0 bridgehead atoms. The zero-order valence-corrected chi connectivity index (χ0v) is 10.2. The summed E-state index contributed by atoms with van der Waals surface area (Å²) in [4.78, 5) is 11.6. The Kier molecular flexibility index (Phi) is 3.14. The molecule has 0 saturated carbocycles. The summed E-state index contributed by atoms with van der Waals surface area (Å²) < 4.78 is 10.6. The first-order valence-corrected chi connectivity index (χ1v) is 5.65. The summed E-state index contributed by atoms with van der Waals surface area (Å²) in [6, 6.07) is 6.92. The van der Waals surface area contributed by atoms with Gasteiger partial charge in [-0.15, -0.1) is 0 Å². The number of aliphatic hydroxyl groups excluding tert-OH is 1. The highest BCUT2D eigenvalue weighted by atomic mass is 16.5. The van der Waals surface area contributed by atoms with Crippen LogP contribution in [0, 0.1) is 0 Å². The molecule has 0 saturated heterocycles. The van der Waals surface area contributed by atoms with Crippen LogP contribution in [0.3, 0.4) is 0 Å². The highest BCUT2D eigenvalue weighted by Crippen LogP contribution is 2.30. The van der Waals surface area contributed by atoms with Gasteiger partial charge in [0, 0.05) is 5.56 Å². The Balaban J connectivity index is 2.15. The van der Waals surface area contributed by atoms with Gasteiger partial charge in [-0.3, -0.25) is 4.79 Å². The molecule has 1 heterocycles. The molecule has 2 rings (SSSR count). The van der Waals surface area contributed by atoms with E-state index in [9.17, 15) is 9.90 Å². The lowest BCUT2D eigenvalue weighted by molar-refractivity contribution is -0.123. The number of ether oxygens (including phenoxy) is 2. The van der Waals surface area contributed by atoms with Crippen molar-refractivity contribution in [2.24, 2.45) is 5.73 Å². The smallest absolute Gasteiger partial charge is 0.247 e. The number of hydrogen-bond donors (Lipinski definition) is 2. The Morgan fingerprint density at radius 3 is 2.39 bits per heavy atom. The van der Waals surface area contributed by atoms with Crippen LogP contribution in [0.25, 0.3) is 0 Å². The molecular formula is C13H15NO4. The fourth-order valence-corrected chi connectivity index (χ4v) is 1.69. The number of aliphatic hydroxyl groups is 1. The number of Topliss-reactive ketones (excluding diaryl/α,β-unsaturated/α-hetero) is 1. The van der Waals surface area contributed by atoms with Crippen molar-refractivity contribution in [3.8, 4) is 5.75 Å². The van der Waals surface area contributed by atoms with Crippen molar-refractivity contribution in [2.45, 2.75) is 26.1 Å². The maximum atomic E-state index is 11.6. The molecule has 1 aromatic rings. The van der Waals surface area contributed by atoms with Crippen molar-refractivity contribution in [3.05, 3.63) is 41.5 Å². The van der Waals surface area contributed by atoms with E-state index in [0.717, 1.165) is 0 Å². The van der Waals surface area contributed by atoms with Crippen LogP contribution in [-0.4, -0.2) is 17.0 Å². The molecule has 0 spiro atoms. The predicted molar refractivity (Wildman–Crippen MR) is 64.9 cm³/mol. The monoisotopic (exact) mass is 249 g/mol. The Bertz CT molecular complexity index is 490. The number of carbonyl (C=O) groups is 1. The largest absolute Gasteiger partial charge is 0.501 e. The molecule has 5 nitrogen and oxygen atoms in total. The van der Waals surface area contributed by atoms with E-state index < -0.39 is 17.6 Å². The second-order valence-corrected chi connectivity index (χ2v) is 4.31. The van der Waals surface area contributed by atoms with E-state index in [1.807, 2.05) is 13.8 Å². The fraction of sp³-hybridized carbons (Fsp3) is 0.308. The average Bonchev–Trinajstić information content (AvgIpc) is 2.57. The highest BCUT2D eigenvalue weighted by Gasteiger charge is 2.35. The molecule has 0 fully saturated rings. The van der Waals surface area contributed by atoms with Crippen molar-refractivity contribution >= 4 is 5.78 Å². The van der Waals surface area contributed by atoms with Gasteiger partial charge in [0.1, 0.15) is 5.75 Å². The Morgan fingerprint density at radius 1 is 1.33 bits per heavy atom. The minimum atomic E-state index is -0.863. The molecule has 1 unspecified atom stereocenters. The topological polar surface area (TPSA) is 81.8 Å². The van der Waals surface area contributed by atoms with Gasteiger partial charge in [-0.1, -0.05) is 12.1 Å². The second-order valence-electron chi connectivity index (χ2n) is 4.31. The van der Waals surface area contributed by atoms with Crippen molar-refractivity contribution in [3.63, 3.8) is 0 Å². The van der Waals surface area contributed by atoms with Crippen molar-refractivity contribution < 1.29 is 19.4 Å². The van der Waals surface area contributed by atoms with Crippen molar-refractivity contribution in [2.75, 3.05) is 0 Å². The standard InChI is InChI=1S/C13H15NO4/c1-7(2)17-9-5-3-8(4-6-9)12-10(15)11(16)13(14)18-12/h3-7,12,16H,14H2,1-2H3. The van der Waals surface area contributed by atoms with E-state index in [0.29, 0.717) is 11.3 Å². The molecule has 0 aliphatic carbocycles. The maximum absolute atomic E-state index is 11.6. The van der Waals surface area contributed by atoms with Gasteiger partial charge in [0.15, 0.2) is 6.10 Å². The summed E-state index contributed by atoms with van der Waals surface area (Å²) in [5.74, 6) is -0.551. The summed E-state index contributed by atoms with van der Waals surface area (Å²) in [5, 5.41) is 9.33. The lowest BCUT2D eigenvalue weighted by atomic mass is 10.1. The van der Waals surface area contributed by atoms with Crippen LogP contribution in [0.5, 0.6) is 5.75 Å². The summed E-state index contributed by atoms with van der Waals surface area (Å²) in [6.45, 7) is 3.86. The zero-order chi connectivity index (χ0) is 13.3. The van der Waals surface area contributed by atoms with E-state index in [1.165, 1.54) is 0 Å². The van der Waals surface area contributed by atoms with E-state index in [1.54, 1.807) is 24.3 Å². The van der Waals surface area contributed by atoms with Crippen LogP contribution in [-0.2, 0) is 9.53 Å². The van der Waals surface area contributed by atoms with Gasteiger partial charge in [0.25, 0.3) is 0 Å². The summed E-state index contributed by atoms with van der Waals surface area (Å²) in [7, 11) is 0. The Hall–Kier alpha value is -2.17. The molecule has 0 radical (unpaired) electrons. The number of ketones is 1. The quantitative estimate of drug-likeness (QED) is 0.853. The third-order valence-corrected chi connectivity index (χ3v) is 2.50. The van der Waals surface area contributed by atoms with Gasteiger partial charge in [0.05, 0.1) is 6.10 Å². The molecule has 5 heteroatoms. The summed E-state index contributed by atoms with van der Waals surface area (Å²) >= 11 is 0. The summed E-state index contributed by atoms with van der Waals surface area (Å²) in [5.41, 5.74) is 5.98. The molecule has 1 atom stereocenters. The highest BCUT2D eigenvalue weighted by molar-refractivity contribution is 5.99. The van der Waals surface area contributed by atoms with Crippen molar-refractivity contribution in [1.82, 2.24) is 0 Å². The average molecular weight is 249 g/mol. The number of rotatable bonds is 3. The first-order valence-electron chi connectivity index (χ1n) is 5.65. The van der Waals surface area contributed by atoms with Gasteiger partial charge < -0.3 is 20.3 Å². The fourth-order valence-electron chi connectivity index (χ4n) is 1.69. The zero-order valence-electron chi connectivity index (χ0n) is 10.2. The molecule has 18 heavy (non-hydrogen) atoms. The lowest BCUT2D eigenvalue weighted by Gasteiger charge is -2.12. The lowest BCUT2D eigenvalue weighted by Crippen LogP contribution is -2.10. The third kappa shape index (κ3) is 2.25. The predicted octanol–water partition coefficient (Wildman–Crippen LogP) is 1.80. The molecule has 0 amide bonds. The SMILES string of the molecule is CC(C)Oc1ccc(C2OC(N)=C(O)C2=O)cc1. The molecule has 96 valence electrons. The van der Waals surface area contributed by atoms with Crippen LogP contribution in [0.1, 0.15) is 25.5 Å². The van der Waals surface area contributed by atoms with E-state index in [-0.39, 0.29) is 12.0 Å². The molecule has 1 aliphatic heterocycles. The summed E-state index contributed by atoms with van der Waals surface area (Å²) in [6.07, 6.45) is -0.778. The minimum absolute atomic E-state index is 0.0848. The maximum Gasteiger partial charge on any atom is 0.247 e. The van der Waals surface area contributed by atoms with Gasteiger partial charge in [-0.2, -0.15) is 0 Å². The number of carbonyl (C=O) groups excluding carboxylic acids is 1. The Morgan fingerprint density at radius 2 is 1.94 bits per heavy atom. The first-order chi connectivity index (χ1) is 8.49. The van der Waals surface area contributed by atoms with Gasteiger partial charge in [-0.25, -0.2) is 0 Å². The van der Waals surface area contributed by atoms with Gasteiger partial charge >= 0.3 is 0 Å². The van der Waals surface area contributed by atoms with Crippen molar-refractivity contribution in [1.29, 1.82) is 0 Å². The minimum Gasteiger partial charge on any atom is -0.501 e. The van der Waals surface area contributed by atoms with Gasteiger partial charge in [0.2, 0.25) is 17.4 Å². The molecule has 1 aromatic carbocycles. The molecule has 3 N–H and O–H groups in total. The second kappa shape index (κ2) is 4.60. The Labute approximate surface area is 105 Å². The van der Waals surface area contributed by atoms with Crippen LogP contribution in [0.2, 0.25) is 0 Å². The number of hydrogen-bond acceptors (Lipinski definition) is 5. The molecular weight excluding hydrogens is 234 g/mol. The van der Waals surface area contributed by atoms with Crippen LogP contribution in [0.15, 0.2) is 35.9 Å². The van der Waals surface area contributed by atoms with E-state index in [4.69, 9.17) is 15.2 Å². The molecule has 1 aliphatic rings. The van der Waals surface area contributed by atoms with E-state index >= 15 is 0 Å². The first kappa shape index (κ1) is 12.3. The van der Waals surface area contributed by atoms with Gasteiger partial charge in [-0.05, 0) is 26.0 Å². The molecule has 0 aromatic heterocycles. The van der Waals surface area contributed by atoms with Crippen LogP contribution in [0.4, 0.5) is 0 Å². The van der Waals surface area contributed by atoms with Crippen LogP contribution < -0.4 is 10.5 Å². The number of benzene rings is 1.